The lowest BCUT2D eigenvalue weighted by atomic mass is 9.98. The van der Waals surface area contributed by atoms with E-state index in [-0.39, 0.29) is 36.3 Å². The molecule has 2 aromatic carbocycles. The van der Waals surface area contributed by atoms with Crippen LogP contribution in [0.2, 0.25) is 5.02 Å². The fourth-order valence-corrected chi connectivity index (χ4v) is 4.83. The van der Waals surface area contributed by atoms with Crippen LogP contribution in [0, 0.1) is 5.82 Å². The van der Waals surface area contributed by atoms with Gasteiger partial charge < -0.3 is 15.5 Å². The summed E-state index contributed by atoms with van der Waals surface area (Å²) < 4.78 is 13.3. The van der Waals surface area contributed by atoms with E-state index in [1.165, 1.54) is 12.1 Å². The first-order chi connectivity index (χ1) is 16.1. The number of carbonyl (C=O) groups is 2. The predicted octanol–water partition coefficient (Wildman–Crippen LogP) is 4.82. The van der Waals surface area contributed by atoms with E-state index in [0.717, 1.165) is 11.1 Å². The van der Waals surface area contributed by atoms with Crippen LogP contribution in [0.1, 0.15) is 51.3 Å². The number of nitrogens with two attached hydrogens (primary N) is 1. The number of benzene rings is 2. The van der Waals surface area contributed by atoms with Gasteiger partial charge in [-0.1, -0.05) is 35.9 Å². The van der Waals surface area contributed by atoms with Crippen molar-refractivity contribution in [3.05, 3.63) is 70.5 Å². The van der Waals surface area contributed by atoms with Crippen molar-refractivity contribution in [2.45, 2.75) is 64.8 Å². The summed E-state index contributed by atoms with van der Waals surface area (Å²) in [5.74, 6) is -0.269. The predicted molar refractivity (Wildman–Crippen MR) is 133 cm³/mol. The molecular formula is C26H34ClFN4O2. The van der Waals surface area contributed by atoms with Gasteiger partial charge >= 0.3 is 6.03 Å². The molecule has 1 unspecified atom stereocenters. The van der Waals surface area contributed by atoms with Crippen molar-refractivity contribution in [2.75, 3.05) is 13.1 Å². The first kappa shape index (κ1) is 26.0. The maximum atomic E-state index is 13.5. The Morgan fingerprint density at radius 1 is 1.06 bits per heavy atom. The van der Waals surface area contributed by atoms with Gasteiger partial charge in [0.05, 0.1) is 12.5 Å². The summed E-state index contributed by atoms with van der Waals surface area (Å²) in [5, 5.41) is 0.587. The van der Waals surface area contributed by atoms with Gasteiger partial charge in [-0.05, 0) is 63.1 Å². The van der Waals surface area contributed by atoms with Crippen LogP contribution in [0.4, 0.5) is 9.18 Å². The number of rotatable bonds is 7. The Kier molecular flexibility index (Phi) is 8.55. The molecule has 2 N–H and O–H groups in total. The van der Waals surface area contributed by atoms with Gasteiger partial charge in [0.15, 0.2) is 0 Å². The van der Waals surface area contributed by atoms with Crippen LogP contribution in [0.15, 0.2) is 48.5 Å². The summed E-state index contributed by atoms with van der Waals surface area (Å²) in [4.78, 5) is 31.6. The van der Waals surface area contributed by atoms with Crippen LogP contribution >= 0.6 is 11.6 Å². The molecule has 0 bridgehead atoms. The zero-order chi connectivity index (χ0) is 25.0. The van der Waals surface area contributed by atoms with Crippen molar-refractivity contribution in [1.29, 1.82) is 0 Å². The normalized spacial score (nSPS) is 19.8. The topological polar surface area (TPSA) is 69.9 Å². The van der Waals surface area contributed by atoms with Gasteiger partial charge in [-0.15, -0.1) is 0 Å². The summed E-state index contributed by atoms with van der Waals surface area (Å²) in [6.07, 6.45) is 0.137. The molecule has 8 heteroatoms. The second-order valence-corrected chi connectivity index (χ2v) is 9.85. The third kappa shape index (κ3) is 6.27. The lowest BCUT2D eigenvalue weighted by Crippen LogP contribution is -2.58. The van der Waals surface area contributed by atoms with E-state index < -0.39 is 12.1 Å². The summed E-state index contributed by atoms with van der Waals surface area (Å²) in [5.41, 5.74) is 7.58. The Hall–Kier alpha value is -2.64. The standard InChI is InChI=1S/C26H34ClFN4O2/c1-17(2)32(26(29)34)24(21-7-9-22(27)10-8-21)13-25(33)31-15-18(3)30(14-19(31)4)16-20-5-11-23(28)12-6-20/h5-12,17-19,24H,13-16H2,1-4H3,(H2,29,34)/t18-,19+,24?/m1/s1. The highest BCUT2D eigenvalue weighted by Crippen LogP contribution is 2.30. The molecule has 0 aliphatic carbocycles. The van der Waals surface area contributed by atoms with E-state index in [9.17, 15) is 14.0 Å². The Morgan fingerprint density at radius 3 is 2.24 bits per heavy atom. The number of primary amides is 1. The fourth-order valence-electron chi connectivity index (χ4n) is 4.70. The van der Waals surface area contributed by atoms with E-state index in [1.807, 2.05) is 37.8 Å². The largest absolute Gasteiger partial charge is 0.351 e. The van der Waals surface area contributed by atoms with Crippen LogP contribution in [-0.4, -0.2) is 57.9 Å². The van der Waals surface area contributed by atoms with E-state index in [4.69, 9.17) is 17.3 Å². The van der Waals surface area contributed by atoms with Crippen LogP contribution in [0.5, 0.6) is 0 Å². The average molecular weight is 489 g/mol. The monoisotopic (exact) mass is 488 g/mol. The minimum Gasteiger partial charge on any atom is -0.351 e. The lowest BCUT2D eigenvalue weighted by Gasteiger charge is -2.45. The van der Waals surface area contributed by atoms with E-state index in [1.54, 1.807) is 29.2 Å². The number of halogens is 2. The first-order valence-electron chi connectivity index (χ1n) is 11.7. The van der Waals surface area contributed by atoms with Gasteiger partial charge in [0.2, 0.25) is 5.91 Å². The SMILES string of the molecule is CC(C)N(C(N)=O)C(CC(=O)N1C[C@@H](C)N(Cc2ccc(F)cc2)C[C@@H]1C)c1ccc(Cl)cc1. The quantitative estimate of drug-likeness (QED) is 0.607. The van der Waals surface area contributed by atoms with Gasteiger partial charge in [0, 0.05) is 42.8 Å². The van der Waals surface area contributed by atoms with Crippen LogP contribution in [-0.2, 0) is 11.3 Å². The minimum atomic E-state index is -0.562. The second kappa shape index (κ2) is 11.2. The van der Waals surface area contributed by atoms with E-state index >= 15 is 0 Å². The van der Waals surface area contributed by atoms with Crippen LogP contribution in [0.25, 0.3) is 0 Å². The summed E-state index contributed by atoms with van der Waals surface area (Å²) in [6, 6.07) is 12.6. The van der Waals surface area contributed by atoms with Crippen molar-refractivity contribution in [3.63, 3.8) is 0 Å². The molecule has 1 saturated heterocycles. The number of carbonyl (C=O) groups excluding carboxylic acids is 2. The van der Waals surface area contributed by atoms with Crippen LogP contribution in [0.3, 0.4) is 0 Å². The number of urea groups is 1. The molecule has 1 aliphatic rings. The van der Waals surface area contributed by atoms with Crippen molar-refractivity contribution in [1.82, 2.24) is 14.7 Å². The molecule has 1 aliphatic heterocycles. The zero-order valence-corrected chi connectivity index (χ0v) is 21.0. The molecule has 34 heavy (non-hydrogen) atoms. The molecule has 2 aromatic rings. The number of hydrogen-bond acceptors (Lipinski definition) is 3. The molecule has 6 nitrogen and oxygen atoms in total. The molecule has 3 rings (SSSR count). The highest BCUT2D eigenvalue weighted by Gasteiger charge is 2.35. The Labute approximate surface area is 206 Å². The third-order valence-corrected chi connectivity index (χ3v) is 6.76. The Morgan fingerprint density at radius 2 is 1.68 bits per heavy atom. The van der Waals surface area contributed by atoms with Crippen LogP contribution < -0.4 is 5.73 Å². The van der Waals surface area contributed by atoms with E-state index in [0.29, 0.717) is 24.7 Å². The Bertz CT molecular complexity index is 983. The highest BCUT2D eigenvalue weighted by molar-refractivity contribution is 6.30. The number of piperazine rings is 1. The lowest BCUT2D eigenvalue weighted by molar-refractivity contribution is -0.138. The smallest absolute Gasteiger partial charge is 0.315 e. The second-order valence-electron chi connectivity index (χ2n) is 9.41. The third-order valence-electron chi connectivity index (χ3n) is 6.50. The molecule has 184 valence electrons. The van der Waals surface area contributed by atoms with Gasteiger partial charge in [0.25, 0.3) is 0 Å². The number of amides is 3. The molecule has 0 aromatic heterocycles. The molecule has 0 radical (unpaired) electrons. The highest BCUT2D eigenvalue weighted by atomic mass is 35.5. The molecule has 3 atom stereocenters. The van der Waals surface area contributed by atoms with Crippen molar-refractivity contribution in [3.8, 4) is 0 Å². The van der Waals surface area contributed by atoms with Gasteiger partial charge in [-0.25, -0.2) is 9.18 Å². The molecule has 3 amide bonds. The molecular weight excluding hydrogens is 455 g/mol. The van der Waals surface area contributed by atoms with Gasteiger partial charge in [0.1, 0.15) is 5.82 Å². The number of hydrogen-bond donors (Lipinski definition) is 1. The van der Waals surface area contributed by atoms with E-state index in [2.05, 4.69) is 11.8 Å². The molecule has 0 saturated carbocycles. The minimum absolute atomic E-state index is 0.00362. The number of nitrogens with zero attached hydrogens (tertiary/aromatic N) is 3. The Balaban J connectivity index is 1.75. The van der Waals surface area contributed by atoms with Crippen molar-refractivity contribution < 1.29 is 14.0 Å². The average Bonchev–Trinajstić information content (AvgIpc) is 2.77. The zero-order valence-electron chi connectivity index (χ0n) is 20.2. The van der Waals surface area contributed by atoms with Gasteiger partial charge in [-0.2, -0.15) is 0 Å². The first-order valence-corrected chi connectivity index (χ1v) is 12.1. The van der Waals surface area contributed by atoms with Crippen molar-refractivity contribution >= 4 is 23.5 Å². The maximum Gasteiger partial charge on any atom is 0.315 e. The summed E-state index contributed by atoms with van der Waals surface area (Å²) >= 11 is 6.06. The summed E-state index contributed by atoms with van der Waals surface area (Å²) in [6.45, 7) is 9.88. The maximum absolute atomic E-state index is 13.5. The van der Waals surface area contributed by atoms with Crippen molar-refractivity contribution in [2.24, 2.45) is 5.73 Å². The fraction of sp³-hybridized carbons (Fsp3) is 0.462. The molecule has 1 fully saturated rings. The summed E-state index contributed by atoms with van der Waals surface area (Å²) in [7, 11) is 0. The molecule has 0 spiro atoms. The van der Waals surface area contributed by atoms with Gasteiger partial charge in [-0.3, -0.25) is 9.69 Å². The molecule has 1 heterocycles.